The van der Waals surface area contributed by atoms with Crippen LogP contribution in [0, 0.1) is 0 Å². The van der Waals surface area contributed by atoms with Gasteiger partial charge in [-0.05, 0) is 59.8 Å². The molecule has 0 radical (unpaired) electrons. The molecule has 0 atom stereocenters. The Morgan fingerprint density at radius 3 is 2.29 bits per heavy atom. The van der Waals surface area contributed by atoms with Gasteiger partial charge in [-0.15, -0.1) is 11.3 Å². The molecular formula is C22H16ClNO2S2. The molecule has 2 heterocycles. The molecule has 0 bridgehead atoms. The van der Waals surface area contributed by atoms with Crippen LogP contribution in [0.15, 0.2) is 75.8 Å². The van der Waals surface area contributed by atoms with E-state index in [9.17, 15) is 9.59 Å². The topological polar surface area (TPSA) is 37.4 Å². The summed E-state index contributed by atoms with van der Waals surface area (Å²) in [5.74, 6) is -0.578. The van der Waals surface area contributed by atoms with Crippen molar-refractivity contribution in [2.24, 2.45) is 0 Å². The zero-order valence-electron chi connectivity index (χ0n) is 15.0. The molecule has 2 aromatic carbocycles. The lowest BCUT2D eigenvalue weighted by molar-refractivity contribution is -0.119. The van der Waals surface area contributed by atoms with E-state index in [2.05, 4.69) is 6.92 Å². The average molecular weight is 426 g/mol. The maximum Gasteiger partial charge on any atom is 0.272 e. The Labute approximate surface area is 176 Å². The SMILES string of the molecule is CCc1ccc(N2C(=O)C(Sc3ccc(Cl)cc3)=C(c3cccs3)C2=O)cc1. The minimum absolute atomic E-state index is 0.284. The minimum atomic E-state index is -0.294. The number of benzene rings is 2. The summed E-state index contributed by atoms with van der Waals surface area (Å²) in [6.07, 6.45) is 0.901. The first kappa shape index (κ1) is 19.0. The lowest BCUT2D eigenvalue weighted by atomic mass is 10.1. The van der Waals surface area contributed by atoms with Gasteiger partial charge in [-0.3, -0.25) is 9.59 Å². The molecule has 0 fully saturated rings. The van der Waals surface area contributed by atoms with Crippen LogP contribution < -0.4 is 4.90 Å². The number of imide groups is 1. The molecule has 4 rings (SSSR count). The van der Waals surface area contributed by atoms with Crippen LogP contribution in [0.4, 0.5) is 5.69 Å². The van der Waals surface area contributed by atoms with Crippen molar-refractivity contribution in [2.75, 3.05) is 4.90 Å². The molecule has 0 N–H and O–H groups in total. The zero-order valence-corrected chi connectivity index (χ0v) is 17.4. The lowest BCUT2D eigenvalue weighted by Crippen LogP contribution is -2.31. The van der Waals surface area contributed by atoms with Crippen LogP contribution in [-0.4, -0.2) is 11.8 Å². The number of carbonyl (C=O) groups excluding carboxylic acids is 2. The van der Waals surface area contributed by atoms with Gasteiger partial charge in [-0.25, -0.2) is 4.90 Å². The molecular weight excluding hydrogens is 410 g/mol. The Morgan fingerprint density at radius 2 is 1.68 bits per heavy atom. The van der Waals surface area contributed by atoms with Gasteiger partial charge in [0.1, 0.15) is 0 Å². The van der Waals surface area contributed by atoms with E-state index < -0.39 is 0 Å². The van der Waals surface area contributed by atoms with Crippen LogP contribution in [0.2, 0.25) is 5.02 Å². The van der Waals surface area contributed by atoms with Gasteiger partial charge in [0.15, 0.2) is 0 Å². The van der Waals surface area contributed by atoms with Crippen molar-refractivity contribution in [3.8, 4) is 0 Å². The molecule has 3 aromatic rings. The predicted molar refractivity (Wildman–Crippen MR) is 117 cm³/mol. The van der Waals surface area contributed by atoms with E-state index in [1.165, 1.54) is 28.0 Å². The van der Waals surface area contributed by atoms with Crippen molar-refractivity contribution < 1.29 is 9.59 Å². The van der Waals surface area contributed by atoms with Gasteiger partial charge in [0.2, 0.25) is 0 Å². The van der Waals surface area contributed by atoms with Gasteiger partial charge in [0.25, 0.3) is 11.8 Å². The maximum atomic E-state index is 13.3. The van der Waals surface area contributed by atoms with Crippen LogP contribution in [0.25, 0.3) is 5.57 Å². The van der Waals surface area contributed by atoms with Crippen LogP contribution in [0.3, 0.4) is 0 Å². The summed E-state index contributed by atoms with van der Waals surface area (Å²) in [5.41, 5.74) is 2.21. The van der Waals surface area contributed by atoms with E-state index in [-0.39, 0.29) is 11.8 Å². The van der Waals surface area contributed by atoms with E-state index in [0.29, 0.717) is 21.2 Å². The number of amides is 2. The van der Waals surface area contributed by atoms with Gasteiger partial charge in [-0.1, -0.05) is 48.5 Å². The fourth-order valence-corrected chi connectivity index (χ4v) is 4.92. The highest BCUT2D eigenvalue weighted by Crippen LogP contribution is 2.42. The summed E-state index contributed by atoms with van der Waals surface area (Å²) in [7, 11) is 0. The van der Waals surface area contributed by atoms with Crippen LogP contribution in [0.1, 0.15) is 17.4 Å². The summed E-state index contributed by atoms with van der Waals surface area (Å²) < 4.78 is 0. The lowest BCUT2D eigenvalue weighted by Gasteiger charge is -2.15. The van der Waals surface area contributed by atoms with E-state index in [4.69, 9.17) is 11.6 Å². The summed E-state index contributed by atoms with van der Waals surface area (Å²) >= 11 is 8.72. The summed E-state index contributed by atoms with van der Waals surface area (Å²) in [6.45, 7) is 2.07. The third-order valence-corrected chi connectivity index (χ3v) is 6.68. The number of halogens is 1. The van der Waals surface area contributed by atoms with Crippen LogP contribution in [0.5, 0.6) is 0 Å². The van der Waals surface area contributed by atoms with Crippen LogP contribution in [-0.2, 0) is 16.0 Å². The third kappa shape index (κ3) is 3.53. The molecule has 28 heavy (non-hydrogen) atoms. The molecule has 0 saturated carbocycles. The van der Waals surface area contributed by atoms with Crippen molar-refractivity contribution in [1.29, 1.82) is 0 Å². The number of rotatable bonds is 5. The Morgan fingerprint density at radius 1 is 0.964 bits per heavy atom. The number of carbonyl (C=O) groups is 2. The Hall–Kier alpha value is -2.34. The number of thiophene rings is 1. The van der Waals surface area contributed by atoms with Crippen molar-refractivity contribution in [2.45, 2.75) is 18.2 Å². The van der Waals surface area contributed by atoms with E-state index in [0.717, 1.165) is 21.8 Å². The fourth-order valence-electron chi connectivity index (χ4n) is 2.98. The quantitative estimate of drug-likeness (QED) is 0.467. The second-order valence-corrected chi connectivity index (χ2v) is 8.67. The Balaban J connectivity index is 1.75. The molecule has 1 aliphatic rings. The molecule has 0 spiro atoms. The highest BCUT2D eigenvalue weighted by atomic mass is 35.5. The normalized spacial score (nSPS) is 14.3. The number of anilines is 1. The van der Waals surface area contributed by atoms with Gasteiger partial charge < -0.3 is 0 Å². The first-order chi connectivity index (χ1) is 13.6. The number of nitrogens with zero attached hydrogens (tertiary/aromatic N) is 1. The number of aryl methyl sites for hydroxylation is 1. The van der Waals surface area contributed by atoms with Crippen LogP contribution >= 0.6 is 34.7 Å². The molecule has 140 valence electrons. The molecule has 0 aliphatic carbocycles. The monoisotopic (exact) mass is 425 g/mol. The molecule has 0 saturated heterocycles. The second kappa shape index (κ2) is 7.95. The van der Waals surface area contributed by atoms with Crippen molar-refractivity contribution in [3.05, 3.63) is 86.4 Å². The second-order valence-electron chi connectivity index (χ2n) is 6.20. The number of hydrogen-bond donors (Lipinski definition) is 0. The fraction of sp³-hybridized carbons (Fsp3) is 0.0909. The van der Waals surface area contributed by atoms with E-state index >= 15 is 0 Å². The van der Waals surface area contributed by atoms with Gasteiger partial charge in [0.05, 0.1) is 16.2 Å². The van der Waals surface area contributed by atoms with Gasteiger partial charge >= 0.3 is 0 Å². The van der Waals surface area contributed by atoms with Crippen molar-refractivity contribution in [1.82, 2.24) is 0 Å². The summed E-state index contributed by atoms with van der Waals surface area (Å²) in [6, 6.07) is 18.6. The van der Waals surface area contributed by atoms with Crippen molar-refractivity contribution in [3.63, 3.8) is 0 Å². The molecule has 6 heteroatoms. The summed E-state index contributed by atoms with van der Waals surface area (Å²) in [5, 5.41) is 2.53. The Bertz CT molecular complexity index is 1050. The molecule has 1 aromatic heterocycles. The molecule has 0 unspecified atom stereocenters. The van der Waals surface area contributed by atoms with Gasteiger partial charge in [0, 0.05) is 14.8 Å². The van der Waals surface area contributed by atoms with E-state index in [1.54, 1.807) is 12.1 Å². The molecule has 1 aliphatic heterocycles. The minimum Gasteiger partial charge on any atom is -0.268 e. The van der Waals surface area contributed by atoms with Gasteiger partial charge in [-0.2, -0.15) is 0 Å². The first-order valence-electron chi connectivity index (χ1n) is 8.77. The maximum absolute atomic E-state index is 13.3. The number of hydrogen-bond acceptors (Lipinski definition) is 4. The smallest absolute Gasteiger partial charge is 0.268 e. The largest absolute Gasteiger partial charge is 0.272 e. The Kier molecular flexibility index (Phi) is 5.40. The summed E-state index contributed by atoms with van der Waals surface area (Å²) in [4.78, 5) is 29.9. The zero-order chi connectivity index (χ0) is 19.7. The van der Waals surface area contributed by atoms with Crippen molar-refractivity contribution >= 4 is 57.8 Å². The molecule has 2 amide bonds. The predicted octanol–water partition coefficient (Wildman–Crippen LogP) is 6.04. The highest BCUT2D eigenvalue weighted by molar-refractivity contribution is 8.04. The van der Waals surface area contributed by atoms with E-state index in [1.807, 2.05) is 53.9 Å². The average Bonchev–Trinajstić information content (AvgIpc) is 3.31. The highest BCUT2D eigenvalue weighted by Gasteiger charge is 2.40. The third-order valence-electron chi connectivity index (χ3n) is 4.45. The first-order valence-corrected chi connectivity index (χ1v) is 10.8. The number of thioether (sulfide) groups is 1. The molecule has 3 nitrogen and oxygen atoms in total. The standard InChI is InChI=1S/C22H16ClNO2S2/c1-2-14-5-9-16(10-6-14)24-21(25)19(18-4-3-13-27-18)20(22(24)26)28-17-11-7-15(23)8-12-17/h3-13H,2H2,1H3.